The highest BCUT2D eigenvalue weighted by molar-refractivity contribution is 7.07. The van der Waals surface area contributed by atoms with Crippen molar-refractivity contribution in [2.24, 2.45) is 0 Å². The van der Waals surface area contributed by atoms with Crippen LogP contribution in [0.5, 0.6) is 16.7 Å². The average molecular weight is 515 g/mol. The molecule has 0 atom stereocenters. The van der Waals surface area contributed by atoms with Gasteiger partial charge in [0.05, 0.1) is 13.5 Å². The SMILES string of the molecule is COc1cccc(Cc2nsc(Oc3ccc(CC(=O)N4CCN(Cc5ccccc5)CC4)cc3)n2)c1. The molecule has 3 aromatic carbocycles. The van der Waals surface area contributed by atoms with E-state index in [1.165, 1.54) is 17.1 Å². The number of hydrogen-bond acceptors (Lipinski definition) is 7. The predicted octanol–water partition coefficient (Wildman–Crippen LogP) is 4.82. The molecule has 1 fully saturated rings. The average Bonchev–Trinajstić information content (AvgIpc) is 3.37. The summed E-state index contributed by atoms with van der Waals surface area (Å²) in [6, 6.07) is 26.0. The first-order chi connectivity index (χ1) is 18.1. The van der Waals surface area contributed by atoms with Gasteiger partial charge < -0.3 is 14.4 Å². The van der Waals surface area contributed by atoms with Crippen LogP contribution in [0.1, 0.15) is 22.5 Å². The second kappa shape index (κ2) is 12.0. The minimum atomic E-state index is 0.166. The number of aromatic nitrogens is 2. The highest BCUT2D eigenvalue weighted by Gasteiger charge is 2.21. The van der Waals surface area contributed by atoms with E-state index in [0.29, 0.717) is 29.6 Å². The Kier molecular flexibility index (Phi) is 8.08. The Morgan fingerprint density at radius 1 is 0.865 bits per heavy atom. The molecular weight excluding hydrogens is 484 g/mol. The largest absolute Gasteiger partial charge is 0.497 e. The highest BCUT2D eigenvalue weighted by atomic mass is 32.1. The maximum absolute atomic E-state index is 12.9. The monoisotopic (exact) mass is 514 g/mol. The Labute approximate surface area is 221 Å². The number of methoxy groups -OCH3 is 1. The Morgan fingerprint density at radius 3 is 2.38 bits per heavy atom. The topological polar surface area (TPSA) is 67.8 Å². The zero-order chi connectivity index (χ0) is 25.5. The number of nitrogens with zero attached hydrogens (tertiary/aromatic N) is 4. The van der Waals surface area contributed by atoms with E-state index in [2.05, 4.69) is 38.5 Å². The van der Waals surface area contributed by atoms with E-state index in [4.69, 9.17) is 9.47 Å². The molecule has 5 rings (SSSR count). The zero-order valence-corrected chi connectivity index (χ0v) is 21.7. The van der Waals surface area contributed by atoms with Crippen molar-refractivity contribution < 1.29 is 14.3 Å². The molecule has 0 spiro atoms. The number of amides is 1. The molecule has 8 heteroatoms. The van der Waals surface area contributed by atoms with E-state index in [-0.39, 0.29) is 5.91 Å². The van der Waals surface area contributed by atoms with Gasteiger partial charge in [0.25, 0.3) is 5.19 Å². The summed E-state index contributed by atoms with van der Waals surface area (Å²) in [7, 11) is 1.65. The fourth-order valence-electron chi connectivity index (χ4n) is 4.38. The predicted molar refractivity (Wildman–Crippen MR) is 144 cm³/mol. The lowest BCUT2D eigenvalue weighted by molar-refractivity contribution is -0.132. The van der Waals surface area contributed by atoms with E-state index in [1.807, 2.05) is 59.5 Å². The maximum Gasteiger partial charge on any atom is 0.298 e. The summed E-state index contributed by atoms with van der Waals surface area (Å²) in [4.78, 5) is 21.7. The summed E-state index contributed by atoms with van der Waals surface area (Å²) in [5, 5.41) is 0.495. The smallest absolute Gasteiger partial charge is 0.298 e. The van der Waals surface area contributed by atoms with Crippen LogP contribution in [-0.2, 0) is 24.2 Å². The van der Waals surface area contributed by atoms with Gasteiger partial charge in [0.15, 0.2) is 5.82 Å². The standard InChI is InChI=1S/C29H30N4O3S/c1-35-26-9-5-8-24(18-26)19-27-30-29(37-31-27)36-25-12-10-22(11-13-25)20-28(34)33-16-14-32(15-17-33)21-23-6-3-2-4-7-23/h2-13,18H,14-17,19-21H2,1H3. The maximum atomic E-state index is 12.9. The van der Waals surface area contributed by atoms with E-state index in [1.54, 1.807) is 7.11 Å². The summed E-state index contributed by atoms with van der Waals surface area (Å²) >= 11 is 1.23. The first-order valence-corrected chi connectivity index (χ1v) is 13.2. The van der Waals surface area contributed by atoms with Crippen molar-refractivity contribution in [1.82, 2.24) is 19.2 Å². The van der Waals surface area contributed by atoms with Crippen molar-refractivity contribution in [3.63, 3.8) is 0 Å². The molecule has 0 saturated carbocycles. The number of carbonyl (C=O) groups is 1. The molecule has 7 nitrogen and oxygen atoms in total. The lowest BCUT2D eigenvalue weighted by atomic mass is 10.1. The van der Waals surface area contributed by atoms with Crippen molar-refractivity contribution in [1.29, 1.82) is 0 Å². The van der Waals surface area contributed by atoms with E-state index < -0.39 is 0 Å². The lowest BCUT2D eigenvalue weighted by Crippen LogP contribution is -2.48. The third-order valence-corrected chi connectivity index (χ3v) is 7.04. The molecule has 0 radical (unpaired) electrons. The van der Waals surface area contributed by atoms with Crippen LogP contribution in [0.25, 0.3) is 0 Å². The molecule has 1 aromatic heterocycles. The molecule has 1 aliphatic heterocycles. The van der Waals surface area contributed by atoms with Gasteiger partial charge in [-0.3, -0.25) is 9.69 Å². The van der Waals surface area contributed by atoms with Gasteiger partial charge in [-0.25, -0.2) is 0 Å². The van der Waals surface area contributed by atoms with Crippen molar-refractivity contribution in [2.45, 2.75) is 19.4 Å². The Balaban J connectivity index is 1.09. The Hall–Kier alpha value is -3.75. The van der Waals surface area contributed by atoms with Gasteiger partial charge in [-0.2, -0.15) is 9.36 Å². The van der Waals surface area contributed by atoms with Crippen LogP contribution in [0.15, 0.2) is 78.9 Å². The van der Waals surface area contributed by atoms with Crippen molar-refractivity contribution in [3.8, 4) is 16.7 Å². The highest BCUT2D eigenvalue weighted by Crippen LogP contribution is 2.25. The molecule has 0 N–H and O–H groups in total. The fraction of sp³-hybridized carbons (Fsp3) is 0.276. The molecule has 1 aliphatic rings. The van der Waals surface area contributed by atoms with Gasteiger partial charge in [-0.15, -0.1) is 0 Å². The molecule has 0 unspecified atom stereocenters. The van der Waals surface area contributed by atoms with Crippen LogP contribution in [0, 0.1) is 0 Å². The van der Waals surface area contributed by atoms with Crippen molar-refractivity contribution in [3.05, 3.63) is 101 Å². The van der Waals surface area contributed by atoms with Gasteiger partial charge in [0.2, 0.25) is 5.91 Å². The number of ether oxygens (including phenoxy) is 2. The third kappa shape index (κ3) is 6.93. The lowest BCUT2D eigenvalue weighted by Gasteiger charge is -2.34. The van der Waals surface area contributed by atoms with Crippen LogP contribution < -0.4 is 9.47 Å². The number of hydrogen-bond donors (Lipinski definition) is 0. The third-order valence-electron chi connectivity index (χ3n) is 6.40. The van der Waals surface area contributed by atoms with Crippen LogP contribution in [0.4, 0.5) is 0 Å². The van der Waals surface area contributed by atoms with Gasteiger partial charge in [-0.1, -0.05) is 54.6 Å². The molecule has 1 saturated heterocycles. The first-order valence-electron chi connectivity index (χ1n) is 12.4. The summed E-state index contributed by atoms with van der Waals surface area (Å²) < 4.78 is 15.6. The summed E-state index contributed by atoms with van der Waals surface area (Å²) in [5.41, 5.74) is 3.36. The molecule has 190 valence electrons. The van der Waals surface area contributed by atoms with Crippen LogP contribution in [0.3, 0.4) is 0 Å². The molecule has 37 heavy (non-hydrogen) atoms. The Bertz CT molecular complexity index is 1300. The van der Waals surface area contributed by atoms with E-state index in [9.17, 15) is 4.79 Å². The second-order valence-electron chi connectivity index (χ2n) is 9.07. The Morgan fingerprint density at radius 2 is 1.62 bits per heavy atom. The van der Waals surface area contributed by atoms with Crippen LogP contribution in [-0.4, -0.2) is 58.4 Å². The molecular formula is C29H30N4O3S. The van der Waals surface area contributed by atoms with Gasteiger partial charge in [0, 0.05) is 50.7 Å². The van der Waals surface area contributed by atoms with Crippen LogP contribution in [0.2, 0.25) is 0 Å². The van der Waals surface area contributed by atoms with Crippen LogP contribution >= 0.6 is 11.5 Å². The summed E-state index contributed by atoms with van der Waals surface area (Å²) in [6.07, 6.45) is 1.00. The first kappa shape index (κ1) is 24.9. The quantitative estimate of drug-likeness (QED) is 0.319. The normalized spacial score (nSPS) is 13.9. The molecule has 1 amide bonds. The van der Waals surface area contributed by atoms with Gasteiger partial charge in [-0.05, 0) is 41.0 Å². The molecule has 2 heterocycles. The zero-order valence-electron chi connectivity index (χ0n) is 20.9. The minimum absolute atomic E-state index is 0.166. The fourth-order valence-corrected chi connectivity index (χ4v) is 4.94. The van der Waals surface area contributed by atoms with Gasteiger partial charge >= 0.3 is 0 Å². The van der Waals surface area contributed by atoms with Crippen molar-refractivity contribution in [2.75, 3.05) is 33.3 Å². The van der Waals surface area contributed by atoms with Crippen molar-refractivity contribution >= 4 is 17.4 Å². The molecule has 0 bridgehead atoms. The number of benzene rings is 3. The van der Waals surface area contributed by atoms with E-state index in [0.717, 1.165) is 49.6 Å². The minimum Gasteiger partial charge on any atom is -0.497 e. The number of piperazine rings is 1. The second-order valence-corrected chi connectivity index (χ2v) is 9.78. The van der Waals surface area contributed by atoms with Gasteiger partial charge in [0.1, 0.15) is 11.5 Å². The number of rotatable bonds is 9. The molecule has 4 aromatic rings. The summed E-state index contributed by atoms with van der Waals surface area (Å²) in [6.45, 7) is 4.26. The molecule has 0 aliphatic carbocycles. The van der Waals surface area contributed by atoms with E-state index >= 15 is 0 Å². The number of carbonyl (C=O) groups excluding carboxylic acids is 1. The summed E-state index contributed by atoms with van der Waals surface area (Å²) in [5.74, 6) is 2.36.